The molecule has 7 nitrogen and oxygen atoms in total. The van der Waals surface area contributed by atoms with Crippen molar-refractivity contribution in [2.24, 2.45) is 17.6 Å². The Labute approximate surface area is 172 Å². The molecule has 160 valence electrons. The summed E-state index contributed by atoms with van der Waals surface area (Å²) in [5, 5.41) is 9.15. The lowest BCUT2D eigenvalue weighted by Gasteiger charge is -2.38. The third kappa shape index (κ3) is 5.01. The van der Waals surface area contributed by atoms with E-state index in [0.717, 1.165) is 38.5 Å². The number of benzene rings is 1. The van der Waals surface area contributed by atoms with Crippen LogP contribution in [-0.4, -0.2) is 54.7 Å². The Morgan fingerprint density at radius 2 is 1.90 bits per heavy atom. The maximum absolute atomic E-state index is 12.6. The van der Waals surface area contributed by atoms with Crippen molar-refractivity contribution >= 4 is 11.9 Å². The lowest BCUT2D eigenvalue weighted by Crippen LogP contribution is -2.52. The lowest BCUT2D eigenvalue weighted by molar-refractivity contribution is -0.136. The highest BCUT2D eigenvalue weighted by molar-refractivity contribution is 5.91. The predicted octanol–water partition coefficient (Wildman–Crippen LogP) is 2.92. The number of nitrogens with two attached hydrogens (primary N) is 1. The zero-order valence-corrected chi connectivity index (χ0v) is 17.3. The molecule has 0 aromatic heterocycles. The summed E-state index contributed by atoms with van der Waals surface area (Å²) in [7, 11) is 3.33. The fraction of sp³-hybridized carbons (Fsp3) is 0.636. The second-order valence-electron chi connectivity index (χ2n) is 8.32. The average Bonchev–Trinajstić information content (AvgIpc) is 2.69. The first-order valence-electron chi connectivity index (χ1n) is 10.5. The topological polar surface area (TPSA) is 102 Å². The summed E-state index contributed by atoms with van der Waals surface area (Å²) < 4.78 is 11.0. The van der Waals surface area contributed by atoms with E-state index in [0.29, 0.717) is 30.1 Å². The number of carbonyl (C=O) groups excluding carboxylic acids is 1. The molecule has 29 heavy (non-hydrogen) atoms. The van der Waals surface area contributed by atoms with Gasteiger partial charge in [-0.15, -0.1) is 0 Å². The number of amides is 1. The van der Waals surface area contributed by atoms with Gasteiger partial charge in [0.2, 0.25) is 5.91 Å². The molecule has 0 saturated heterocycles. The van der Waals surface area contributed by atoms with Crippen LogP contribution in [-0.2, 0) is 4.79 Å². The number of likely N-dealkylation sites (N-methyl/N-ethyl adjacent to an activating group) is 1. The van der Waals surface area contributed by atoms with Crippen molar-refractivity contribution in [1.82, 2.24) is 4.90 Å². The normalized spacial score (nSPS) is 23.0. The number of hydrogen-bond donors (Lipinski definition) is 2. The molecule has 1 amide bonds. The summed E-state index contributed by atoms with van der Waals surface area (Å²) in [6, 6.07) is 4.73. The van der Waals surface area contributed by atoms with Crippen LogP contribution in [0.3, 0.4) is 0 Å². The van der Waals surface area contributed by atoms with E-state index in [1.807, 2.05) is 11.9 Å². The molecule has 1 atom stereocenters. The first kappa shape index (κ1) is 21.4. The van der Waals surface area contributed by atoms with E-state index in [-0.39, 0.29) is 17.4 Å². The molecule has 1 aromatic carbocycles. The van der Waals surface area contributed by atoms with Gasteiger partial charge in [-0.25, -0.2) is 4.79 Å². The third-order valence-corrected chi connectivity index (χ3v) is 6.54. The largest absolute Gasteiger partial charge is 0.496 e. The number of nitrogens with zero attached hydrogens (tertiary/aromatic N) is 1. The highest BCUT2D eigenvalue weighted by Gasteiger charge is 2.34. The average molecular weight is 405 g/mol. The zero-order valence-electron chi connectivity index (χ0n) is 17.3. The SMILES string of the molecule is COc1cc(OCC2CCC([C@H](N)C(=O)N(C)C3CCC3)CC2)ccc1C(=O)O. The van der Waals surface area contributed by atoms with Gasteiger partial charge in [0.05, 0.1) is 19.8 Å². The number of carbonyl (C=O) groups is 2. The molecular formula is C22H32N2O5. The second-order valence-corrected chi connectivity index (χ2v) is 8.32. The first-order chi connectivity index (χ1) is 13.9. The smallest absolute Gasteiger partial charge is 0.339 e. The summed E-state index contributed by atoms with van der Waals surface area (Å²) in [5.74, 6) is 0.585. The quantitative estimate of drug-likeness (QED) is 0.691. The molecule has 3 N–H and O–H groups in total. The molecule has 7 heteroatoms. The fourth-order valence-electron chi connectivity index (χ4n) is 4.26. The minimum atomic E-state index is -1.03. The van der Waals surface area contributed by atoms with Crippen molar-refractivity contribution in [3.05, 3.63) is 23.8 Å². The van der Waals surface area contributed by atoms with Gasteiger partial charge in [-0.3, -0.25) is 4.79 Å². The molecule has 2 aliphatic carbocycles. The van der Waals surface area contributed by atoms with Gasteiger partial charge in [0.15, 0.2) is 0 Å². The fourth-order valence-corrected chi connectivity index (χ4v) is 4.26. The van der Waals surface area contributed by atoms with Gasteiger partial charge in [0, 0.05) is 19.2 Å². The van der Waals surface area contributed by atoms with Crippen LogP contribution in [0.25, 0.3) is 0 Å². The predicted molar refractivity (Wildman–Crippen MR) is 109 cm³/mol. The molecule has 2 fully saturated rings. The van der Waals surface area contributed by atoms with Crippen LogP contribution in [0.4, 0.5) is 0 Å². The van der Waals surface area contributed by atoms with E-state index in [1.54, 1.807) is 12.1 Å². The third-order valence-electron chi connectivity index (χ3n) is 6.54. The first-order valence-corrected chi connectivity index (χ1v) is 10.5. The molecule has 0 aliphatic heterocycles. The Kier molecular flexibility index (Phi) is 7.00. The Balaban J connectivity index is 1.46. The molecule has 0 radical (unpaired) electrons. The summed E-state index contributed by atoms with van der Waals surface area (Å²) in [5.41, 5.74) is 6.42. The number of methoxy groups -OCH3 is 1. The summed E-state index contributed by atoms with van der Waals surface area (Å²) in [6.45, 7) is 0.563. The van der Waals surface area contributed by atoms with Crippen molar-refractivity contribution in [3.63, 3.8) is 0 Å². The van der Waals surface area contributed by atoms with E-state index in [4.69, 9.17) is 20.3 Å². The number of carboxylic acid groups (broad SMARTS) is 1. The van der Waals surface area contributed by atoms with E-state index >= 15 is 0 Å². The highest BCUT2D eigenvalue weighted by atomic mass is 16.5. The maximum atomic E-state index is 12.6. The standard InChI is InChI=1S/C22H32N2O5/c1-24(16-4-3-5-16)21(25)20(23)15-8-6-14(7-9-15)13-29-17-10-11-18(22(26)27)19(12-17)28-2/h10-12,14-16,20H,3-9,13,23H2,1-2H3,(H,26,27)/t14?,15?,20-/m0/s1. The van der Waals surface area contributed by atoms with E-state index in [2.05, 4.69) is 0 Å². The van der Waals surface area contributed by atoms with Crippen molar-refractivity contribution in [2.75, 3.05) is 20.8 Å². The Hall–Kier alpha value is -2.28. The molecule has 0 bridgehead atoms. The molecular weight excluding hydrogens is 372 g/mol. The molecule has 0 unspecified atom stereocenters. The van der Waals surface area contributed by atoms with Gasteiger partial charge < -0.3 is 25.2 Å². The van der Waals surface area contributed by atoms with Crippen LogP contribution < -0.4 is 15.2 Å². The van der Waals surface area contributed by atoms with Gasteiger partial charge >= 0.3 is 5.97 Å². The van der Waals surface area contributed by atoms with E-state index in [9.17, 15) is 9.59 Å². The molecule has 2 saturated carbocycles. The van der Waals surface area contributed by atoms with Crippen LogP contribution in [0.2, 0.25) is 0 Å². The molecule has 1 aromatic rings. The van der Waals surface area contributed by atoms with Crippen LogP contribution in [0, 0.1) is 11.8 Å². The van der Waals surface area contributed by atoms with E-state index in [1.165, 1.54) is 19.6 Å². The minimum absolute atomic E-state index is 0.0833. The maximum Gasteiger partial charge on any atom is 0.339 e. The monoisotopic (exact) mass is 404 g/mol. The van der Waals surface area contributed by atoms with Gasteiger partial charge in [0.25, 0.3) is 0 Å². The number of hydrogen-bond acceptors (Lipinski definition) is 5. The summed E-state index contributed by atoms with van der Waals surface area (Å²) in [6.07, 6.45) is 7.20. The van der Waals surface area contributed by atoms with Crippen LogP contribution in [0.15, 0.2) is 18.2 Å². The molecule has 3 rings (SSSR count). The van der Waals surface area contributed by atoms with Crippen molar-refractivity contribution < 1.29 is 24.2 Å². The van der Waals surface area contributed by atoms with Gasteiger partial charge in [-0.05, 0) is 68.9 Å². The molecule has 0 spiro atoms. The second kappa shape index (κ2) is 9.48. The molecule has 2 aliphatic rings. The number of rotatable bonds is 8. The van der Waals surface area contributed by atoms with E-state index < -0.39 is 12.0 Å². The number of aromatic carboxylic acids is 1. The van der Waals surface area contributed by atoms with Crippen LogP contribution in [0.5, 0.6) is 11.5 Å². The Morgan fingerprint density at radius 3 is 2.45 bits per heavy atom. The van der Waals surface area contributed by atoms with Gasteiger partial charge in [-0.1, -0.05) is 0 Å². The van der Waals surface area contributed by atoms with Gasteiger partial charge in [-0.2, -0.15) is 0 Å². The van der Waals surface area contributed by atoms with Crippen molar-refractivity contribution in [2.45, 2.75) is 57.0 Å². The minimum Gasteiger partial charge on any atom is -0.496 e. The molecule has 0 heterocycles. The summed E-state index contributed by atoms with van der Waals surface area (Å²) in [4.78, 5) is 25.7. The summed E-state index contributed by atoms with van der Waals surface area (Å²) >= 11 is 0. The lowest BCUT2D eigenvalue weighted by atomic mass is 9.78. The Morgan fingerprint density at radius 1 is 1.21 bits per heavy atom. The highest BCUT2D eigenvalue weighted by Crippen LogP contribution is 2.33. The number of ether oxygens (including phenoxy) is 2. The Bertz CT molecular complexity index is 726. The van der Waals surface area contributed by atoms with Crippen LogP contribution in [0.1, 0.15) is 55.3 Å². The van der Waals surface area contributed by atoms with Gasteiger partial charge in [0.1, 0.15) is 17.1 Å². The van der Waals surface area contributed by atoms with Crippen LogP contribution >= 0.6 is 0 Å². The van der Waals surface area contributed by atoms with Crippen molar-refractivity contribution in [1.29, 1.82) is 0 Å². The zero-order chi connectivity index (χ0) is 21.0. The van der Waals surface area contributed by atoms with Crippen molar-refractivity contribution in [3.8, 4) is 11.5 Å². The number of carboxylic acids is 1.